The first-order valence-electron chi connectivity index (χ1n) is 10.5. The van der Waals surface area contributed by atoms with Gasteiger partial charge in [-0.15, -0.1) is 0 Å². The lowest BCUT2D eigenvalue weighted by atomic mass is 9.72. The van der Waals surface area contributed by atoms with Crippen LogP contribution < -0.4 is 4.74 Å². The SMILES string of the molecule is [2H]C([2H])([2H])N(CC([2H])(c1ccc(OC)cc1)C1(O)CCCCC1)C([2H])([2H])[2H]. The molecule has 1 saturated carbocycles. The summed E-state index contributed by atoms with van der Waals surface area (Å²) in [7, 11) is 1.50. The van der Waals surface area contributed by atoms with Crippen molar-refractivity contribution < 1.29 is 19.4 Å². The molecule has 20 heavy (non-hydrogen) atoms. The van der Waals surface area contributed by atoms with Gasteiger partial charge in [0.25, 0.3) is 0 Å². The molecule has 3 nitrogen and oxygen atoms in total. The predicted molar refractivity (Wildman–Crippen MR) is 82.3 cm³/mol. The third-order valence-electron chi connectivity index (χ3n) is 4.00. The molecule has 112 valence electrons. The lowest BCUT2D eigenvalue weighted by Crippen LogP contribution is -2.42. The molecule has 1 unspecified atom stereocenters. The monoisotopic (exact) mass is 284 g/mol. The van der Waals surface area contributed by atoms with Crippen molar-refractivity contribution in [3.8, 4) is 5.75 Å². The summed E-state index contributed by atoms with van der Waals surface area (Å²) in [5, 5.41) is 11.3. The Morgan fingerprint density at radius 2 is 1.95 bits per heavy atom. The van der Waals surface area contributed by atoms with Gasteiger partial charge >= 0.3 is 0 Å². The summed E-state index contributed by atoms with van der Waals surface area (Å²) >= 11 is 0. The van der Waals surface area contributed by atoms with E-state index >= 15 is 0 Å². The topological polar surface area (TPSA) is 32.7 Å². The quantitative estimate of drug-likeness (QED) is 0.902. The molecule has 0 aromatic heterocycles. The highest BCUT2D eigenvalue weighted by atomic mass is 16.5. The number of likely N-dealkylation sites (N-methyl/N-ethyl adjacent to an activating group) is 1. The minimum absolute atomic E-state index is 0.318. The number of benzene rings is 1. The molecule has 1 atom stereocenters. The average molecular weight is 284 g/mol. The van der Waals surface area contributed by atoms with Crippen LogP contribution in [0, 0.1) is 0 Å². The fourth-order valence-electron chi connectivity index (χ4n) is 2.90. The van der Waals surface area contributed by atoms with Gasteiger partial charge in [-0.3, -0.25) is 0 Å². The van der Waals surface area contributed by atoms with Gasteiger partial charge in [-0.1, -0.05) is 31.4 Å². The highest BCUT2D eigenvalue weighted by molar-refractivity contribution is 5.31. The number of methoxy groups -OCH3 is 1. The standard InChI is InChI=1S/C17H27NO2/c1-18(2)13-16(17(19)11-5-4-6-12-17)14-7-9-15(20-3)10-8-14/h7-10,16,19H,4-6,11-13H2,1-3H3/i1D3,2D3,16D. The Kier molecular flexibility index (Phi) is 2.77. The Bertz CT molecular complexity index is 610. The maximum absolute atomic E-state index is 11.3. The second-order valence-electron chi connectivity index (χ2n) is 5.39. The van der Waals surface area contributed by atoms with Crippen LogP contribution in [0.3, 0.4) is 0 Å². The molecule has 1 aliphatic rings. The molecule has 2 rings (SSSR count). The van der Waals surface area contributed by atoms with Gasteiger partial charge < -0.3 is 14.7 Å². The number of ether oxygens (including phenoxy) is 1. The zero-order chi connectivity index (χ0) is 20.5. The maximum Gasteiger partial charge on any atom is 0.118 e. The second-order valence-corrected chi connectivity index (χ2v) is 5.39. The molecule has 0 radical (unpaired) electrons. The third-order valence-corrected chi connectivity index (χ3v) is 4.00. The van der Waals surface area contributed by atoms with Crippen LogP contribution in [0.4, 0.5) is 0 Å². The molecule has 0 spiro atoms. The number of hydrogen-bond acceptors (Lipinski definition) is 3. The minimum atomic E-state index is -2.92. The third kappa shape index (κ3) is 3.53. The van der Waals surface area contributed by atoms with Crippen LogP contribution >= 0.6 is 0 Å². The minimum Gasteiger partial charge on any atom is -0.497 e. The van der Waals surface area contributed by atoms with Crippen molar-refractivity contribution >= 4 is 0 Å². The summed E-state index contributed by atoms with van der Waals surface area (Å²) in [5.74, 6) is -1.26. The maximum atomic E-state index is 11.3. The first kappa shape index (κ1) is 8.40. The van der Waals surface area contributed by atoms with E-state index in [1.54, 1.807) is 24.3 Å². The molecule has 0 heterocycles. The van der Waals surface area contributed by atoms with Crippen molar-refractivity contribution in [3.05, 3.63) is 29.8 Å². The van der Waals surface area contributed by atoms with Crippen molar-refractivity contribution in [3.63, 3.8) is 0 Å². The lowest BCUT2D eigenvalue weighted by molar-refractivity contribution is -0.0277. The molecule has 0 saturated heterocycles. The van der Waals surface area contributed by atoms with E-state index in [1.165, 1.54) is 7.11 Å². The summed E-state index contributed by atoms with van der Waals surface area (Å²) in [6.45, 7) is -6.48. The number of hydrogen-bond donors (Lipinski definition) is 1. The largest absolute Gasteiger partial charge is 0.497 e. The van der Waals surface area contributed by atoms with E-state index in [2.05, 4.69) is 0 Å². The van der Waals surface area contributed by atoms with E-state index < -0.39 is 32.0 Å². The molecular formula is C17H27NO2. The van der Waals surface area contributed by atoms with Crippen molar-refractivity contribution in [2.75, 3.05) is 27.6 Å². The van der Waals surface area contributed by atoms with Gasteiger partial charge in [-0.05, 0) is 44.5 Å². The van der Waals surface area contributed by atoms with Gasteiger partial charge in [0.2, 0.25) is 0 Å². The van der Waals surface area contributed by atoms with Crippen LogP contribution in [-0.2, 0) is 0 Å². The zero-order valence-electron chi connectivity index (χ0n) is 18.9. The highest BCUT2D eigenvalue weighted by Gasteiger charge is 2.38. The normalized spacial score (nSPS) is 27.9. The van der Waals surface area contributed by atoms with Crippen LogP contribution in [0.25, 0.3) is 0 Å². The van der Waals surface area contributed by atoms with Crippen molar-refractivity contribution in [2.24, 2.45) is 0 Å². The molecule has 0 bridgehead atoms. The Morgan fingerprint density at radius 1 is 1.30 bits per heavy atom. The highest BCUT2D eigenvalue weighted by Crippen LogP contribution is 2.40. The van der Waals surface area contributed by atoms with Crippen LogP contribution in [0.5, 0.6) is 5.75 Å². The zero-order valence-corrected chi connectivity index (χ0v) is 11.9. The fourth-order valence-corrected chi connectivity index (χ4v) is 2.90. The number of nitrogens with zero attached hydrogens (tertiary/aromatic N) is 1. The summed E-state index contributed by atoms with van der Waals surface area (Å²) in [4.78, 5) is 0.365. The van der Waals surface area contributed by atoms with Gasteiger partial charge in [-0.25, -0.2) is 0 Å². The molecule has 1 fully saturated rings. The molecular weight excluding hydrogens is 250 g/mol. The Balaban J connectivity index is 2.54. The van der Waals surface area contributed by atoms with Gasteiger partial charge in [0.15, 0.2) is 0 Å². The average Bonchev–Trinajstić information content (AvgIpc) is 2.58. The second kappa shape index (κ2) is 6.59. The van der Waals surface area contributed by atoms with Gasteiger partial charge in [-0.2, -0.15) is 0 Å². The summed E-state index contributed by atoms with van der Waals surface area (Å²) in [6, 6.07) is 6.44. The number of rotatable bonds is 5. The molecule has 1 aromatic rings. The first-order chi connectivity index (χ1) is 12.3. The van der Waals surface area contributed by atoms with E-state index in [0.29, 0.717) is 41.9 Å². The van der Waals surface area contributed by atoms with Crippen molar-refractivity contribution in [1.82, 2.24) is 4.90 Å². The number of aliphatic hydroxyl groups is 1. The van der Waals surface area contributed by atoms with E-state index in [4.69, 9.17) is 14.3 Å². The first-order valence-corrected chi connectivity index (χ1v) is 6.98. The summed E-state index contributed by atoms with van der Waals surface area (Å²) < 4.78 is 60.1. The Morgan fingerprint density at radius 3 is 2.50 bits per heavy atom. The van der Waals surface area contributed by atoms with Crippen LogP contribution in [0.1, 0.15) is 53.2 Å². The van der Waals surface area contributed by atoms with E-state index in [9.17, 15) is 5.11 Å². The van der Waals surface area contributed by atoms with Gasteiger partial charge in [0.05, 0.1) is 12.7 Å². The molecule has 0 amide bonds. The fraction of sp³-hybridized carbons (Fsp3) is 0.647. The molecule has 1 N–H and O–H groups in total. The van der Waals surface area contributed by atoms with E-state index in [1.807, 2.05) is 0 Å². The van der Waals surface area contributed by atoms with E-state index in [0.717, 1.165) is 6.42 Å². The van der Waals surface area contributed by atoms with Gasteiger partial charge in [0, 0.05) is 22.0 Å². The van der Waals surface area contributed by atoms with Crippen LogP contribution in [0.2, 0.25) is 0 Å². The molecule has 1 aromatic carbocycles. The van der Waals surface area contributed by atoms with Crippen molar-refractivity contribution in [2.45, 2.75) is 43.6 Å². The smallest absolute Gasteiger partial charge is 0.118 e. The van der Waals surface area contributed by atoms with Crippen LogP contribution in [0.15, 0.2) is 24.3 Å². The molecule has 1 aliphatic carbocycles. The van der Waals surface area contributed by atoms with E-state index in [-0.39, 0.29) is 0 Å². The predicted octanol–water partition coefficient (Wildman–Crippen LogP) is 3.04. The molecule has 3 heteroatoms. The summed E-state index contributed by atoms with van der Waals surface area (Å²) in [6.07, 6.45) is 2.96. The van der Waals surface area contributed by atoms with Gasteiger partial charge in [0.1, 0.15) is 5.75 Å². The Labute approximate surface area is 132 Å². The lowest BCUT2D eigenvalue weighted by Gasteiger charge is -2.40. The Hall–Kier alpha value is -1.06. The molecule has 0 aliphatic heterocycles. The summed E-state index contributed by atoms with van der Waals surface area (Å²) in [5.41, 5.74) is -1.15. The van der Waals surface area contributed by atoms with Crippen LogP contribution in [-0.4, -0.2) is 43.2 Å². The van der Waals surface area contributed by atoms with Crippen molar-refractivity contribution in [1.29, 1.82) is 0 Å².